The summed E-state index contributed by atoms with van der Waals surface area (Å²) in [6.07, 6.45) is 7.08. The smallest absolute Gasteiger partial charge is 0.232 e. The molecular formula is C21H29N7O2. The molecule has 9 heteroatoms. The molecule has 9 nitrogen and oxygen atoms in total. The molecular weight excluding hydrogens is 382 g/mol. The summed E-state index contributed by atoms with van der Waals surface area (Å²) < 4.78 is 5.75. The number of hydrogen-bond acceptors (Lipinski definition) is 8. The molecule has 1 atom stereocenters. The molecule has 0 aliphatic heterocycles. The van der Waals surface area contributed by atoms with Crippen LogP contribution >= 0.6 is 0 Å². The highest BCUT2D eigenvalue weighted by Crippen LogP contribution is 2.33. The highest BCUT2D eigenvalue weighted by Gasteiger charge is 2.25. The molecule has 1 aliphatic rings. The van der Waals surface area contributed by atoms with Gasteiger partial charge in [0.05, 0.1) is 6.20 Å². The number of anilines is 2. The lowest BCUT2D eigenvalue weighted by Crippen LogP contribution is -2.34. The summed E-state index contributed by atoms with van der Waals surface area (Å²) in [5.41, 5.74) is 2.24. The van der Waals surface area contributed by atoms with Crippen LogP contribution in [0.1, 0.15) is 32.1 Å². The van der Waals surface area contributed by atoms with E-state index in [0.29, 0.717) is 29.7 Å². The molecule has 2 aromatic heterocycles. The van der Waals surface area contributed by atoms with Crippen molar-refractivity contribution in [2.24, 2.45) is 0 Å². The van der Waals surface area contributed by atoms with E-state index in [1.165, 1.54) is 19.3 Å². The van der Waals surface area contributed by atoms with Gasteiger partial charge >= 0.3 is 0 Å². The zero-order valence-corrected chi connectivity index (χ0v) is 17.5. The molecule has 4 rings (SSSR count). The van der Waals surface area contributed by atoms with E-state index in [1.54, 1.807) is 6.20 Å². The van der Waals surface area contributed by atoms with E-state index in [9.17, 15) is 5.11 Å². The third-order valence-corrected chi connectivity index (χ3v) is 5.35. The number of fused-ring (bicyclic) bond motifs is 1. The summed E-state index contributed by atoms with van der Waals surface area (Å²) in [6, 6.07) is 8.26. The van der Waals surface area contributed by atoms with Crippen LogP contribution in [0.15, 0.2) is 30.5 Å². The van der Waals surface area contributed by atoms with E-state index < -0.39 is 6.10 Å². The van der Waals surface area contributed by atoms with Crippen molar-refractivity contribution in [3.8, 4) is 5.75 Å². The Bertz CT molecular complexity index is 938. The molecule has 3 aromatic rings. The van der Waals surface area contributed by atoms with E-state index in [-0.39, 0.29) is 6.61 Å². The number of ether oxygens (including phenoxy) is 1. The highest BCUT2D eigenvalue weighted by atomic mass is 16.5. The average Bonchev–Trinajstić information content (AvgIpc) is 3.22. The van der Waals surface area contributed by atoms with Gasteiger partial charge in [0.15, 0.2) is 0 Å². The van der Waals surface area contributed by atoms with Crippen LogP contribution < -0.4 is 9.64 Å². The maximum Gasteiger partial charge on any atom is 0.232 e. The van der Waals surface area contributed by atoms with Crippen molar-refractivity contribution >= 4 is 22.8 Å². The number of aromatic amines is 1. The Labute approximate surface area is 176 Å². The molecule has 160 valence electrons. The number of hydrogen-bond donors (Lipinski definition) is 2. The summed E-state index contributed by atoms with van der Waals surface area (Å²) in [7, 11) is 3.85. The van der Waals surface area contributed by atoms with Gasteiger partial charge in [-0.15, -0.1) is 5.10 Å². The summed E-state index contributed by atoms with van der Waals surface area (Å²) in [5, 5.41) is 20.8. The summed E-state index contributed by atoms with van der Waals surface area (Å²) in [5.74, 6) is 1.37. The van der Waals surface area contributed by atoms with E-state index in [4.69, 9.17) is 4.74 Å². The van der Waals surface area contributed by atoms with Crippen molar-refractivity contribution in [1.29, 1.82) is 0 Å². The minimum absolute atomic E-state index is 0.260. The molecule has 0 saturated heterocycles. The van der Waals surface area contributed by atoms with E-state index in [2.05, 4.69) is 30.3 Å². The molecule has 1 aliphatic carbocycles. The van der Waals surface area contributed by atoms with E-state index in [1.807, 2.05) is 43.3 Å². The van der Waals surface area contributed by atoms with Gasteiger partial charge in [-0.3, -0.25) is 0 Å². The van der Waals surface area contributed by atoms with Crippen LogP contribution in [0.5, 0.6) is 5.75 Å². The zero-order valence-electron chi connectivity index (χ0n) is 17.5. The van der Waals surface area contributed by atoms with Gasteiger partial charge in [0, 0.05) is 18.3 Å². The fraction of sp³-hybridized carbons (Fsp3) is 0.524. The molecule has 0 radical (unpaired) electrons. The first-order valence-electron chi connectivity index (χ1n) is 10.5. The minimum Gasteiger partial charge on any atom is -0.491 e. The van der Waals surface area contributed by atoms with Gasteiger partial charge < -0.3 is 19.6 Å². The molecule has 0 bridgehead atoms. The SMILES string of the molecule is CN(C)CC(O)COc1ccc(N(c2ncc3n[nH]nc3n2)C2CCCCC2)cc1. The van der Waals surface area contributed by atoms with Crippen LogP contribution in [0.3, 0.4) is 0 Å². The van der Waals surface area contributed by atoms with Gasteiger partial charge in [-0.25, -0.2) is 4.98 Å². The second-order valence-corrected chi connectivity index (χ2v) is 8.09. The summed E-state index contributed by atoms with van der Waals surface area (Å²) >= 11 is 0. The largest absolute Gasteiger partial charge is 0.491 e. The van der Waals surface area contributed by atoms with Gasteiger partial charge in [0.2, 0.25) is 11.6 Å². The van der Waals surface area contributed by atoms with Gasteiger partial charge in [-0.05, 0) is 51.2 Å². The number of aliphatic hydroxyl groups is 1. The van der Waals surface area contributed by atoms with Crippen molar-refractivity contribution in [2.45, 2.75) is 44.2 Å². The van der Waals surface area contributed by atoms with Gasteiger partial charge in [-0.2, -0.15) is 15.3 Å². The van der Waals surface area contributed by atoms with Crippen LogP contribution in [-0.4, -0.2) is 74.8 Å². The predicted octanol–water partition coefficient (Wildman–Crippen LogP) is 2.52. The number of aliphatic hydroxyl groups excluding tert-OH is 1. The van der Waals surface area contributed by atoms with Crippen molar-refractivity contribution < 1.29 is 9.84 Å². The Kier molecular flexibility index (Phi) is 6.39. The Morgan fingerprint density at radius 1 is 1.13 bits per heavy atom. The maximum atomic E-state index is 10.0. The molecule has 0 amide bonds. The first kappa shape index (κ1) is 20.5. The quantitative estimate of drug-likeness (QED) is 0.583. The fourth-order valence-electron chi connectivity index (χ4n) is 3.96. The molecule has 1 aromatic carbocycles. The van der Waals surface area contributed by atoms with Crippen LogP contribution in [0.2, 0.25) is 0 Å². The highest BCUT2D eigenvalue weighted by molar-refractivity contribution is 5.71. The Hall–Kier alpha value is -2.78. The minimum atomic E-state index is -0.527. The first-order chi connectivity index (χ1) is 14.6. The molecule has 2 heterocycles. The lowest BCUT2D eigenvalue weighted by molar-refractivity contribution is 0.0831. The third-order valence-electron chi connectivity index (χ3n) is 5.35. The lowest BCUT2D eigenvalue weighted by atomic mass is 9.94. The van der Waals surface area contributed by atoms with Gasteiger partial charge in [-0.1, -0.05) is 19.3 Å². The van der Waals surface area contributed by atoms with Crippen LogP contribution in [-0.2, 0) is 0 Å². The van der Waals surface area contributed by atoms with Crippen molar-refractivity contribution in [1.82, 2.24) is 30.3 Å². The molecule has 1 unspecified atom stereocenters. The third kappa shape index (κ3) is 4.85. The second-order valence-electron chi connectivity index (χ2n) is 8.09. The van der Waals surface area contributed by atoms with Crippen LogP contribution in [0.25, 0.3) is 11.2 Å². The molecule has 1 saturated carbocycles. The van der Waals surface area contributed by atoms with Crippen molar-refractivity contribution in [3.63, 3.8) is 0 Å². The summed E-state index contributed by atoms with van der Waals surface area (Å²) in [4.78, 5) is 13.3. The van der Waals surface area contributed by atoms with Crippen molar-refractivity contribution in [3.05, 3.63) is 30.5 Å². The normalized spacial score (nSPS) is 16.1. The Morgan fingerprint density at radius 2 is 1.90 bits per heavy atom. The number of nitrogens with one attached hydrogen (secondary N) is 1. The number of nitrogens with zero attached hydrogens (tertiary/aromatic N) is 6. The predicted molar refractivity (Wildman–Crippen MR) is 115 cm³/mol. The topological polar surface area (TPSA) is 103 Å². The fourth-order valence-corrected chi connectivity index (χ4v) is 3.96. The van der Waals surface area contributed by atoms with E-state index >= 15 is 0 Å². The number of likely N-dealkylation sites (N-methyl/N-ethyl adjacent to an activating group) is 1. The first-order valence-corrected chi connectivity index (χ1v) is 10.5. The monoisotopic (exact) mass is 411 g/mol. The van der Waals surface area contributed by atoms with Crippen LogP contribution in [0.4, 0.5) is 11.6 Å². The van der Waals surface area contributed by atoms with Crippen molar-refractivity contribution in [2.75, 3.05) is 32.1 Å². The molecule has 30 heavy (non-hydrogen) atoms. The Balaban J connectivity index is 1.54. The zero-order chi connectivity index (χ0) is 20.9. The van der Waals surface area contributed by atoms with Crippen LogP contribution in [0, 0.1) is 0 Å². The number of rotatable bonds is 8. The second kappa shape index (κ2) is 9.36. The lowest BCUT2D eigenvalue weighted by Gasteiger charge is -2.34. The Morgan fingerprint density at radius 3 is 2.63 bits per heavy atom. The molecule has 1 fully saturated rings. The van der Waals surface area contributed by atoms with Gasteiger partial charge in [0.25, 0.3) is 0 Å². The van der Waals surface area contributed by atoms with E-state index in [0.717, 1.165) is 24.3 Å². The average molecular weight is 412 g/mol. The standard InChI is InChI=1S/C21H29N7O2/c1-27(2)13-17(29)14-30-18-10-8-16(9-11-18)28(15-6-4-3-5-7-15)21-22-12-19-20(23-21)25-26-24-19/h8-12,15,17,29H,3-7,13-14H2,1-2H3,(H,22,23,24,25,26). The number of aromatic nitrogens is 5. The molecule has 2 N–H and O–H groups in total. The van der Waals surface area contributed by atoms with Gasteiger partial charge in [0.1, 0.15) is 24.0 Å². The molecule has 0 spiro atoms. The number of benzene rings is 1. The maximum absolute atomic E-state index is 10.0. The number of H-pyrrole nitrogens is 1. The summed E-state index contributed by atoms with van der Waals surface area (Å²) in [6.45, 7) is 0.825.